The molecule has 6 nitrogen and oxygen atoms in total. The molecule has 0 aromatic heterocycles. The third-order valence-corrected chi connectivity index (χ3v) is 4.56. The largest absolute Gasteiger partial charge is 0.481 e. The van der Waals surface area contributed by atoms with Crippen LogP contribution >= 0.6 is 0 Å². The quantitative estimate of drug-likeness (QED) is 0.797. The van der Waals surface area contributed by atoms with Gasteiger partial charge in [0.2, 0.25) is 0 Å². The Morgan fingerprint density at radius 3 is 2.08 bits per heavy atom. The molecular weight excluding hydrogens is 334 g/mol. The van der Waals surface area contributed by atoms with Gasteiger partial charge in [0.05, 0.1) is 13.0 Å². The maximum absolute atomic E-state index is 12.3. The van der Waals surface area contributed by atoms with Gasteiger partial charge in [-0.05, 0) is 22.3 Å². The number of carboxylic acid groups (broad SMARTS) is 1. The zero-order chi connectivity index (χ0) is 18.5. The Kier molecular flexibility index (Phi) is 5.53. The Labute approximate surface area is 151 Å². The Balaban J connectivity index is 1.72. The van der Waals surface area contributed by atoms with Gasteiger partial charge in [0.25, 0.3) is 0 Å². The summed E-state index contributed by atoms with van der Waals surface area (Å²) in [5.74, 6) is -1.05. The first-order valence-electron chi connectivity index (χ1n) is 8.54. The number of rotatable bonds is 7. The summed E-state index contributed by atoms with van der Waals surface area (Å²) < 4.78 is 5.47. The molecule has 1 aliphatic rings. The van der Waals surface area contributed by atoms with Crippen LogP contribution in [-0.4, -0.2) is 53.5 Å². The van der Waals surface area contributed by atoms with Crippen molar-refractivity contribution in [3.63, 3.8) is 0 Å². The van der Waals surface area contributed by atoms with Crippen LogP contribution in [0.2, 0.25) is 0 Å². The molecule has 2 N–H and O–H groups in total. The number of aliphatic carboxylic acids is 1. The lowest BCUT2D eigenvalue weighted by molar-refractivity contribution is -0.137. The summed E-state index contributed by atoms with van der Waals surface area (Å²) in [6.45, 7) is -0.0256. The van der Waals surface area contributed by atoms with E-state index in [1.165, 1.54) is 4.90 Å². The van der Waals surface area contributed by atoms with E-state index in [2.05, 4.69) is 12.1 Å². The van der Waals surface area contributed by atoms with Crippen LogP contribution in [0.25, 0.3) is 11.1 Å². The zero-order valence-electron chi connectivity index (χ0n) is 14.3. The number of aliphatic hydroxyl groups excluding tert-OH is 1. The maximum atomic E-state index is 12.3. The van der Waals surface area contributed by atoms with Gasteiger partial charge in [0.15, 0.2) is 0 Å². The first kappa shape index (κ1) is 17.9. The molecule has 1 amide bonds. The van der Waals surface area contributed by atoms with Crippen molar-refractivity contribution < 1.29 is 24.5 Å². The predicted octanol–water partition coefficient (Wildman–Crippen LogP) is 2.70. The number of fused-ring (bicyclic) bond motifs is 3. The number of hydrogen-bond donors (Lipinski definition) is 2. The van der Waals surface area contributed by atoms with E-state index in [-0.39, 0.29) is 38.6 Å². The lowest BCUT2D eigenvalue weighted by Crippen LogP contribution is -2.36. The Morgan fingerprint density at radius 1 is 0.962 bits per heavy atom. The van der Waals surface area contributed by atoms with E-state index in [0.717, 1.165) is 22.3 Å². The van der Waals surface area contributed by atoms with E-state index in [0.29, 0.717) is 0 Å². The van der Waals surface area contributed by atoms with E-state index >= 15 is 0 Å². The highest BCUT2D eigenvalue weighted by Gasteiger charge is 2.29. The van der Waals surface area contributed by atoms with Crippen molar-refractivity contribution >= 4 is 12.1 Å². The Morgan fingerprint density at radius 2 is 1.54 bits per heavy atom. The van der Waals surface area contributed by atoms with E-state index in [9.17, 15) is 9.59 Å². The van der Waals surface area contributed by atoms with Crippen molar-refractivity contribution in [3.05, 3.63) is 59.7 Å². The van der Waals surface area contributed by atoms with Gasteiger partial charge < -0.3 is 19.8 Å². The van der Waals surface area contributed by atoms with Gasteiger partial charge in [0.1, 0.15) is 6.61 Å². The fourth-order valence-electron chi connectivity index (χ4n) is 3.33. The van der Waals surface area contributed by atoms with Crippen LogP contribution in [0.3, 0.4) is 0 Å². The molecule has 6 heteroatoms. The SMILES string of the molecule is O=C(O)CCN(CCO)C(=O)OCC1c2ccccc2-c2ccccc21. The molecule has 1 aliphatic carbocycles. The van der Waals surface area contributed by atoms with Crippen LogP contribution in [0, 0.1) is 0 Å². The first-order chi connectivity index (χ1) is 12.6. The average Bonchev–Trinajstić information content (AvgIpc) is 2.97. The standard InChI is InChI=1S/C20H21NO5/c22-12-11-21(10-9-19(23)24)20(25)26-13-18-16-7-3-1-5-14(16)15-6-2-4-8-17(15)18/h1-8,18,22H,9-13H2,(H,23,24). The van der Waals surface area contributed by atoms with Crippen molar-refractivity contribution in [1.82, 2.24) is 4.90 Å². The molecule has 3 rings (SSSR count). The molecule has 0 spiro atoms. The average molecular weight is 355 g/mol. The van der Waals surface area contributed by atoms with Crippen LogP contribution < -0.4 is 0 Å². The minimum Gasteiger partial charge on any atom is -0.481 e. The monoisotopic (exact) mass is 355 g/mol. The third kappa shape index (κ3) is 3.70. The number of ether oxygens (including phenoxy) is 1. The third-order valence-electron chi connectivity index (χ3n) is 4.56. The van der Waals surface area contributed by atoms with Crippen LogP contribution in [0.5, 0.6) is 0 Å². The lowest BCUT2D eigenvalue weighted by Gasteiger charge is -2.22. The number of carbonyl (C=O) groups excluding carboxylic acids is 1. The molecule has 0 heterocycles. The van der Waals surface area contributed by atoms with Crippen LogP contribution in [0.4, 0.5) is 4.79 Å². The smallest absolute Gasteiger partial charge is 0.409 e. The molecule has 2 aromatic carbocycles. The molecule has 0 saturated heterocycles. The number of carboxylic acids is 1. The van der Waals surface area contributed by atoms with Gasteiger partial charge >= 0.3 is 12.1 Å². The maximum Gasteiger partial charge on any atom is 0.409 e. The second-order valence-corrected chi connectivity index (χ2v) is 6.16. The van der Waals surface area contributed by atoms with Crippen molar-refractivity contribution in [2.24, 2.45) is 0 Å². The molecular formula is C20H21NO5. The van der Waals surface area contributed by atoms with E-state index in [1.807, 2.05) is 36.4 Å². The molecule has 0 bridgehead atoms. The molecule has 0 aliphatic heterocycles. The number of amides is 1. The number of aliphatic hydroxyl groups is 1. The van der Waals surface area contributed by atoms with Crippen LogP contribution in [0.1, 0.15) is 23.5 Å². The summed E-state index contributed by atoms with van der Waals surface area (Å²) in [6.07, 6.45) is -0.799. The highest BCUT2D eigenvalue weighted by molar-refractivity contribution is 5.79. The normalized spacial score (nSPS) is 12.3. The van der Waals surface area contributed by atoms with Crippen molar-refractivity contribution in [2.45, 2.75) is 12.3 Å². The fraction of sp³-hybridized carbons (Fsp3) is 0.300. The van der Waals surface area contributed by atoms with E-state index in [1.54, 1.807) is 0 Å². The van der Waals surface area contributed by atoms with Gasteiger partial charge in [-0.3, -0.25) is 4.79 Å². The number of nitrogens with zero attached hydrogens (tertiary/aromatic N) is 1. The van der Waals surface area contributed by atoms with Gasteiger partial charge in [0, 0.05) is 19.0 Å². The topological polar surface area (TPSA) is 87.1 Å². The second kappa shape index (κ2) is 8.01. The van der Waals surface area contributed by atoms with Crippen molar-refractivity contribution in [1.29, 1.82) is 0 Å². The zero-order valence-corrected chi connectivity index (χ0v) is 14.3. The molecule has 0 fully saturated rings. The summed E-state index contributed by atoms with van der Waals surface area (Å²) in [5, 5.41) is 17.9. The van der Waals surface area contributed by atoms with Crippen LogP contribution in [0.15, 0.2) is 48.5 Å². The molecule has 26 heavy (non-hydrogen) atoms. The Bertz CT molecular complexity index is 759. The second-order valence-electron chi connectivity index (χ2n) is 6.16. The van der Waals surface area contributed by atoms with E-state index in [4.69, 9.17) is 14.9 Å². The summed E-state index contributed by atoms with van der Waals surface area (Å²) in [5.41, 5.74) is 4.51. The van der Waals surface area contributed by atoms with Gasteiger partial charge in [-0.1, -0.05) is 48.5 Å². The highest BCUT2D eigenvalue weighted by Crippen LogP contribution is 2.44. The molecule has 136 valence electrons. The van der Waals surface area contributed by atoms with Gasteiger partial charge in [-0.25, -0.2) is 4.79 Å². The van der Waals surface area contributed by atoms with Crippen molar-refractivity contribution in [3.8, 4) is 11.1 Å². The van der Waals surface area contributed by atoms with Crippen LogP contribution in [-0.2, 0) is 9.53 Å². The number of hydrogen-bond acceptors (Lipinski definition) is 4. The summed E-state index contributed by atoms with van der Waals surface area (Å²) in [7, 11) is 0. The molecule has 0 unspecified atom stereocenters. The number of benzene rings is 2. The fourth-order valence-corrected chi connectivity index (χ4v) is 3.33. The molecule has 0 saturated carbocycles. The van der Waals surface area contributed by atoms with E-state index < -0.39 is 12.1 Å². The molecule has 0 radical (unpaired) electrons. The highest BCUT2D eigenvalue weighted by atomic mass is 16.6. The molecule has 0 atom stereocenters. The summed E-state index contributed by atoms with van der Waals surface area (Å²) in [6, 6.07) is 16.1. The summed E-state index contributed by atoms with van der Waals surface area (Å²) >= 11 is 0. The number of carbonyl (C=O) groups is 2. The van der Waals surface area contributed by atoms with Gasteiger partial charge in [-0.2, -0.15) is 0 Å². The predicted molar refractivity (Wildman–Crippen MR) is 96.0 cm³/mol. The minimum absolute atomic E-state index is 0.00652. The molecule has 2 aromatic rings. The minimum atomic E-state index is -1.00. The van der Waals surface area contributed by atoms with Gasteiger partial charge in [-0.15, -0.1) is 0 Å². The Hall–Kier alpha value is -2.86. The first-order valence-corrected chi connectivity index (χ1v) is 8.54. The summed E-state index contributed by atoms with van der Waals surface area (Å²) in [4.78, 5) is 24.3. The lowest BCUT2D eigenvalue weighted by atomic mass is 9.98. The van der Waals surface area contributed by atoms with Crippen molar-refractivity contribution in [2.75, 3.05) is 26.3 Å².